The Morgan fingerprint density at radius 3 is 2.67 bits per heavy atom. The van der Waals surface area contributed by atoms with Gasteiger partial charge >= 0.3 is 12.0 Å². The van der Waals surface area contributed by atoms with Gasteiger partial charge in [-0.15, -0.1) is 0 Å². The molecule has 21 heavy (non-hydrogen) atoms. The summed E-state index contributed by atoms with van der Waals surface area (Å²) in [5.74, 6) is -0.939. The van der Waals surface area contributed by atoms with Crippen LogP contribution in [0.2, 0.25) is 0 Å². The van der Waals surface area contributed by atoms with Gasteiger partial charge in [-0.2, -0.15) is 0 Å². The molecule has 3 N–H and O–H groups in total. The first-order valence-corrected chi connectivity index (χ1v) is 6.80. The number of carbonyl (C=O) groups is 2. The zero-order chi connectivity index (χ0) is 15.3. The monoisotopic (exact) mass is 293 g/mol. The smallest absolute Gasteiger partial charge is 0.319 e. The van der Waals surface area contributed by atoms with Crippen molar-refractivity contribution in [2.24, 2.45) is 0 Å². The van der Waals surface area contributed by atoms with Gasteiger partial charge in [-0.3, -0.25) is 9.78 Å². The predicted molar refractivity (Wildman–Crippen MR) is 76.2 cm³/mol. The summed E-state index contributed by atoms with van der Waals surface area (Å²) in [6, 6.07) is 2.87. The van der Waals surface area contributed by atoms with Gasteiger partial charge in [0.2, 0.25) is 0 Å². The summed E-state index contributed by atoms with van der Waals surface area (Å²) in [5.41, 5.74) is 0.740. The lowest BCUT2D eigenvalue weighted by molar-refractivity contribution is -0.136. The lowest BCUT2D eigenvalue weighted by Gasteiger charge is -2.40. The van der Waals surface area contributed by atoms with Crippen LogP contribution in [0, 0.1) is 0 Å². The third-order valence-electron chi connectivity index (χ3n) is 3.68. The molecule has 0 bridgehead atoms. The fourth-order valence-corrected chi connectivity index (χ4v) is 2.20. The molecule has 2 rings (SSSR count). The van der Waals surface area contributed by atoms with Crippen molar-refractivity contribution in [1.29, 1.82) is 0 Å². The minimum atomic E-state index is -0.939. The van der Waals surface area contributed by atoms with Gasteiger partial charge in [0.1, 0.15) is 0 Å². The normalized spacial score (nSPS) is 15.9. The van der Waals surface area contributed by atoms with Crippen LogP contribution in [0.3, 0.4) is 0 Å². The number of aromatic nitrogens is 1. The van der Waals surface area contributed by atoms with Gasteiger partial charge in [-0.05, 0) is 31.4 Å². The van der Waals surface area contributed by atoms with E-state index in [1.807, 2.05) is 0 Å². The van der Waals surface area contributed by atoms with Crippen molar-refractivity contribution >= 4 is 17.7 Å². The average molecular weight is 293 g/mol. The molecule has 114 valence electrons. The molecule has 1 aliphatic rings. The van der Waals surface area contributed by atoms with E-state index in [0.29, 0.717) is 17.9 Å². The van der Waals surface area contributed by atoms with Crippen LogP contribution in [-0.2, 0) is 16.0 Å². The minimum absolute atomic E-state index is 0.136. The van der Waals surface area contributed by atoms with Gasteiger partial charge in [0.05, 0.1) is 29.6 Å². The largest absolute Gasteiger partial charge is 0.481 e. The summed E-state index contributed by atoms with van der Waals surface area (Å²) in [6.07, 6.45) is 4.33. The Morgan fingerprint density at radius 2 is 2.19 bits per heavy atom. The highest BCUT2D eigenvalue weighted by atomic mass is 16.5. The Balaban J connectivity index is 1.81. The van der Waals surface area contributed by atoms with Crippen LogP contribution in [-0.4, -0.2) is 41.3 Å². The van der Waals surface area contributed by atoms with E-state index in [1.54, 1.807) is 19.2 Å². The molecule has 0 atom stereocenters. The molecule has 0 saturated heterocycles. The number of nitrogens with one attached hydrogen (secondary N) is 2. The van der Waals surface area contributed by atoms with Crippen LogP contribution in [0.25, 0.3) is 0 Å². The number of aliphatic carboxylic acids is 1. The van der Waals surface area contributed by atoms with Crippen molar-refractivity contribution in [2.45, 2.75) is 31.3 Å². The van der Waals surface area contributed by atoms with Gasteiger partial charge in [0, 0.05) is 13.7 Å². The van der Waals surface area contributed by atoms with E-state index < -0.39 is 5.97 Å². The van der Waals surface area contributed by atoms with E-state index in [-0.39, 0.29) is 18.1 Å². The first-order valence-electron chi connectivity index (χ1n) is 6.80. The first-order chi connectivity index (χ1) is 10.0. The van der Waals surface area contributed by atoms with Crippen molar-refractivity contribution in [2.75, 3.05) is 19.0 Å². The van der Waals surface area contributed by atoms with Crippen molar-refractivity contribution in [1.82, 2.24) is 10.3 Å². The highest BCUT2D eigenvalue weighted by Crippen LogP contribution is 2.34. The molecule has 1 aromatic heterocycles. The second kappa shape index (κ2) is 6.53. The van der Waals surface area contributed by atoms with Gasteiger partial charge in [0.25, 0.3) is 0 Å². The quantitative estimate of drug-likeness (QED) is 0.736. The Labute approximate surface area is 122 Å². The van der Waals surface area contributed by atoms with Crippen LogP contribution >= 0.6 is 0 Å². The highest BCUT2D eigenvalue weighted by Gasteiger charge is 2.37. The number of urea groups is 1. The zero-order valence-electron chi connectivity index (χ0n) is 11.9. The molecule has 2 amide bonds. The Hall–Kier alpha value is -2.15. The number of pyridine rings is 1. The molecule has 7 heteroatoms. The van der Waals surface area contributed by atoms with Crippen molar-refractivity contribution in [3.05, 3.63) is 24.0 Å². The van der Waals surface area contributed by atoms with Crippen LogP contribution in [0.4, 0.5) is 10.5 Å². The number of ether oxygens (including phenoxy) is 1. The number of methoxy groups -OCH3 is 1. The minimum Gasteiger partial charge on any atom is -0.481 e. The number of carboxylic acids is 1. The van der Waals surface area contributed by atoms with E-state index in [9.17, 15) is 9.59 Å². The van der Waals surface area contributed by atoms with Gasteiger partial charge in [-0.1, -0.05) is 0 Å². The van der Waals surface area contributed by atoms with Crippen LogP contribution in [0.15, 0.2) is 18.3 Å². The van der Waals surface area contributed by atoms with E-state index >= 15 is 0 Å². The van der Waals surface area contributed by atoms with Crippen LogP contribution < -0.4 is 10.6 Å². The number of carboxylic acid groups (broad SMARTS) is 1. The van der Waals surface area contributed by atoms with Gasteiger partial charge in [0.15, 0.2) is 0 Å². The fraction of sp³-hybridized carbons (Fsp3) is 0.500. The number of rotatable bonds is 6. The third-order valence-corrected chi connectivity index (χ3v) is 3.68. The predicted octanol–water partition coefficient (Wildman–Crippen LogP) is 1.40. The molecular formula is C14H19N3O4. The zero-order valence-corrected chi connectivity index (χ0v) is 11.9. The lowest BCUT2D eigenvalue weighted by atomic mass is 9.80. The SMILES string of the molecule is COC1(CNC(=O)Nc2ccc(CC(=O)O)nc2)CCC1. The summed E-state index contributed by atoms with van der Waals surface area (Å²) in [7, 11) is 1.66. The van der Waals surface area contributed by atoms with Crippen molar-refractivity contribution in [3.8, 4) is 0 Å². The van der Waals surface area contributed by atoms with Gasteiger partial charge < -0.3 is 20.5 Å². The average Bonchev–Trinajstić information content (AvgIpc) is 2.40. The standard InChI is InChI=1S/C14H19N3O4/c1-21-14(5-2-6-14)9-16-13(20)17-11-4-3-10(15-8-11)7-12(18)19/h3-4,8H,2,5-7,9H2,1H3,(H,18,19)(H2,16,17,20). The van der Waals surface area contributed by atoms with E-state index in [0.717, 1.165) is 19.3 Å². The number of nitrogens with zero attached hydrogens (tertiary/aromatic N) is 1. The number of hydrogen-bond acceptors (Lipinski definition) is 4. The third kappa shape index (κ3) is 4.16. The molecular weight excluding hydrogens is 274 g/mol. The number of carbonyl (C=O) groups excluding carboxylic acids is 1. The summed E-state index contributed by atoms with van der Waals surface area (Å²) < 4.78 is 5.42. The van der Waals surface area contributed by atoms with E-state index in [4.69, 9.17) is 9.84 Å². The number of hydrogen-bond donors (Lipinski definition) is 3. The summed E-state index contributed by atoms with van der Waals surface area (Å²) in [6.45, 7) is 0.472. The first kappa shape index (κ1) is 15.2. The molecule has 1 saturated carbocycles. The van der Waals surface area contributed by atoms with Crippen LogP contribution in [0.5, 0.6) is 0 Å². The Kier molecular flexibility index (Phi) is 4.74. The molecule has 1 aromatic rings. The molecule has 0 aromatic carbocycles. The summed E-state index contributed by atoms with van der Waals surface area (Å²) >= 11 is 0. The molecule has 1 aliphatic carbocycles. The second-order valence-electron chi connectivity index (χ2n) is 5.16. The molecule has 0 aliphatic heterocycles. The Morgan fingerprint density at radius 1 is 1.43 bits per heavy atom. The number of anilines is 1. The van der Waals surface area contributed by atoms with E-state index in [1.165, 1.54) is 6.20 Å². The topological polar surface area (TPSA) is 101 Å². The number of amides is 2. The van der Waals surface area contributed by atoms with Crippen molar-refractivity contribution < 1.29 is 19.4 Å². The van der Waals surface area contributed by atoms with Crippen molar-refractivity contribution in [3.63, 3.8) is 0 Å². The fourth-order valence-electron chi connectivity index (χ4n) is 2.20. The molecule has 1 fully saturated rings. The maximum Gasteiger partial charge on any atom is 0.319 e. The second-order valence-corrected chi connectivity index (χ2v) is 5.16. The highest BCUT2D eigenvalue weighted by molar-refractivity contribution is 5.89. The molecule has 1 heterocycles. The molecule has 0 spiro atoms. The summed E-state index contributed by atoms with van der Waals surface area (Å²) in [4.78, 5) is 26.3. The molecule has 0 unspecified atom stereocenters. The van der Waals surface area contributed by atoms with Gasteiger partial charge in [-0.25, -0.2) is 4.79 Å². The molecule has 0 radical (unpaired) electrons. The maximum atomic E-state index is 11.8. The lowest BCUT2D eigenvalue weighted by Crippen LogP contribution is -2.50. The van der Waals surface area contributed by atoms with Crippen LogP contribution in [0.1, 0.15) is 25.0 Å². The maximum absolute atomic E-state index is 11.8. The Bertz CT molecular complexity index is 506. The van der Waals surface area contributed by atoms with E-state index in [2.05, 4.69) is 15.6 Å². The summed E-state index contributed by atoms with van der Waals surface area (Å²) in [5, 5.41) is 14.1. The molecule has 7 nitrogen and oxygen atoms in total.